The molecule has 0 saturated heterocycles. The van der Waals surface area contributed by atoms with Crippen molar-refractivity contribution < 1.29 is 4.79 Å². The summed E-state index contributed by atoms with van der Waals surface area (Å²) in [5, 5.41) is 15.5. The van der Waals surface area contributed by atoms with Gasteiger partial charge in [-0.3, -0.25) is 4.79 Å². The van der Waals surface area contributed by atoms with Gasteiger partial charge in [0.2, 0.25) is 0 Å². The van der Waals surface area contributed by atoms with Gasteiger partial charge in [-0.15, -0.1) is 0 Å². The van der Waals surface area contributed by atoms with E-state index >= 15 is 0 Å². The standard InChI is InChI=1S/C25H29N3O/c1-3-24(22-12-11-20-9-4-5-10-21(20)14-22)28-25(29)23(15-26)17-27-16-19-8-6-7-18(2)13-19/h6-8,11-14,17,24,27H,3-5,9-10,16H2,1-2H3,(H,28,29)/b23-17-. The minimum absolute atomic E-state index is 0.0917. The Kier molecular flexibility index (Phi) is 7.08. The maximum Gasteiger partial charge on any atom is 0.263 e. The first-order valence-corrected chi connectivity index (χ1v) is 10.4. The molecule has 0 aromatic heterocycles. The highest BCUT2D eigenvalue weighted by Gasteiger charge is 2.18. The van der Waals surface area contributed by atoms with Crippen molar-refractivity contribution in [3.05, 3.63) is 82.1 Å². The van der Waals surface area contributed by atoms with Crippen molar-refractivity contribution in [2.45, 2.75) is 58.5 Å². The largest absolute Gasteiger partial charge is 0.386 e. The van der Waals surface area contributed by atoms with E-state index in [9.17, 15) is 10.1 Å². The maximum absolute atomic E-state index is 12.7. The zero-order valence-electron chi connectivity index (χ0n) is 17.3. The molecule has 1 unspecified atom stereocenters. The summed E-state index contributed by atoms with van der Waals surface area (Å²) < 4.78 is 0. The third kappa shape index (κ3) is 5.48. The number of nitrogens with zero attached hydrogens (tertiary/aromatic N) is 1. The molecular formula is C25H29N3O. The molecule has 4 heteroatoms. The van der Waals surface area contributed by atoms with Crippen LogP contribution in [0.3, 0.4) is 0 Å². The highest BCUT2D eigenvalue weighted by atomic mass is 16.1. The van der Waals surface area contributed by atoms with Crippen LogP contribution >= 0.6 is 0 Å². The molecule has 2 aromatic carbocycles. The number of aryl methyl sites for hydroxylation is 3. The quantitative estimate of drug-likeness (QED) is 0.537. The Morgan fingerprint density at radius 3 is 2.69 bits per heavy atom. The number of nitriles is 1. The summed E-state index contributed by atoms with van der Waals surface area (Å²) in [7, 11) is 0. The number of hydrogen-bond donors (Lipinski definition) is 2. The third-order valence-corrected chi connectivity index (χ3v) is 5.49. The molecular weight excluding hydrogens is 358 g/mol. The number of carbonyl (C=O) groups is 1. The molecule has 0 radical (unpaired) electrons. The predicted molar refractivity (Wildman–Crippen MR) is 116 cm³/mol. The number of fused-ring (bicyclic) bond motifs is 1. The monoisotopic (exact) mass is 387 g/mol. The average Bonchev–Trinajstić information content (AvgIpc) is 2.74. The van der Waals surface area contributed by atoms with Crippen molar-refractivity contribution in [2.75, 3.05) is 0 Å². The zero-order valence-corrected chi connectivity index (χ0v) is 17.3. The fraction of sp³-hybridized carbons (Fsp3) is 0.360. The van der Waals surface area contributed by atoms with Crippen LogP contribution in [0.4, 0.5) is 0 Å². The van der Waals surface area contributed by atoms with Crippen LogP contribution in [-0.4, -0.2) is 5.91 Å². The number of benzene rings is 2. The Labute approximate surface area is 173 Å². The van der Waals surface area contributed by atoms with E-state index in [-0.39, 0.29) is 17.5 Å². The van der Waals surface area contributed by atoms with Crippen LogP contribution in [-0.2, 0) is 24.2 Å². The second kappa shape index (κ2) is 9.93. The molecule has 2 N–H and O–H groups in total. The molecule has 0 spiro atoms. The Morgan fingerprint density at radius 1 is 1.17 bits per heavy atom. The Morgan fingerprint density at radius 2 is 1.97 bits per heavy atom. The molecule has 1 aliphatic rings. The summed E-state index contributed by atoms with van der Waals surface area (Å²) in [4.78, 5) is 12.7. The van der Waals surface area contributed by atoms with E-state index in [2.05, 4.69) is 41.8 Å². The molecule has 150 valence electrons. The van der Waals surface area contributed by atoms with Crippen molar-refractivity contribution in [1.29, 1.82) is 5.26 Å². The third-order valence-electron chi connectivity index (χ3n) is 5.49. The second-order valence-electron chi connectivity index (χ2n) is 7.71. The van der Waals surface area contributed by atoms with Crippen LogP contribution in [0.1, 0.15) is 60.0 Å². The van der Waals surface area contributed by atoms with Crippen molar-refractivity contribution in [2.24, 2.45) is 0 Å². The summed E-state index contributed by atoms with van der Waals surface area (Å²) in [5.74, 6) is -0.339. The predicted octanol–water partition coefficient (Wildman–Crippen LogP) is 4.64. The first kappa shape index (κ1) is 20.7. The molecule has 2 aromatic rings. The zero-order chi connectivity index (χ0) is 20.6. The van der Waals surface area contributed by atoms with E-state index < -0.39 is 0 Å². The number of rotatable bonds is 7. The molecule has 0 fully saturated rings. The van der Waals surface area contributed by atoms with Crippen LogP contribution in [0.5, 0.6) is 0 Å². The Hall–Kier alpha value is -3.06. The van der Waals surface area contributed by atoms with E-state index in [0.29, 0.717) is 6.54 Å². The fourth-order valence-corrected chi connectivity index (χ4v) is 3.87. The molecule has 0 aliphatic heterocycles. The number of nitrogens with one attached hydrogen (secondary N) is 2. The number of carbonyl (C=O) groups excluding carboxylic acids is 1. The minimum Gasteiger partial charge on any atom is -0.386 e. The van der Waals surface area contributed by atoms with E-state index in [4.69, 9.17) is 0 Å². The van der Waals surface area contributed by atoms with Gasteiger partial charge < -0.3 is 10.6 Å². The summed E-state index contributed by atoms with van der Waals surface area (Å²) in [6.07, 6.45) is 7.03. The molecule has 0 saturated carbocycles. The first-order valence-electron chi connectivity index (χ1n) is 10.4. The van der Waals surface area contributed by atoms with Gasteiger partial charge in [-0.2, -0.15) is 5.26 Å². The van der Waals surface area contributed by atoms with Crippen LogP contribution in [0, 0.1) is 18.3 Å². The van der Waals surface area contributed by atoms with E-state index in [1.54, 1.807) is 0 Å². The maximum atomic E-state index is 12.7. The molecule has 0 heterocycles. The lowest BCUT2D eigenvalue weighted by Gasteiger charge is -2.21. The molecule has 1 atom stereocenters. The molecule has 3 rings (SSSR count). The van der Waals surface area contributed by atoms with Crippen molar-refractivity contribution in [3.63, 3.8) is 0 Å². The van der Waals surface area contributed by atoms with Gasteiger partial charge in [-0.1, -0.05) is 55.0 Å². The second-order valence-corrected chi connectivity index (χ2v) is 7.71. The first-order chi connectivity index (χ1) is 14.1. The van der Waals surface area contributed by atoms with Crippen LogP contribution in [0.2, 0.25) is 0 Å². The van der Waals surface area contributed by atoms with Crippen molar-refractivity contribution in [3.8, 4) is 6.07 Å². The Bertz CT molecular complexity index is 939. The summed E-state index contributed by atoms with van der Waals surface area (Å²) in [5.41, 5.74) is 6.33. The van der Waals surface area contributed by atoms with E-state index in [1.807, 2.05) is 31.2 Å². The van der Waals surface area contributed by atoms with Gasteiger partial charge in [0.25, 0.3) is 5.91 Å². The lowest BCUT2D eigenvalue weighted by Crippen LogP contribution is -2.30. The van der Waals surface area contributed by atoms with Crippen molar-refractivity contribution in [1.82, 2.24) is 10.6 Å². The number of hydrogen-bond acceptors (Lipinski definition) is 3. The van der Waals surface area contributed by atoms with Crippen LogP contribution in [0.25, 0.3) is 0 Å². The Balaban J connectivity index is 1.65. The normalized spacial score (nSPS) is 14.4. The highest BCUT2D eigenvalue weighted by Crippen LogP contribution is 2.26. The fourth-order valence-electron chi connectivity index (χ4n) is 3.87. The minimum atomic E-state index is -0.339. The van der Waals surface area contributed by atoms with Crippen molar-refractivity contribution >= 4 is 5.91 Å². The molecule has 0 bridgehead atoms. The van der Waals surface area contributed by atoms with Gasteiger partial charge in [0.05, 0.1) is 6.04 Å². The molecule has 1 aliphatic carbocycles. The topological polar surface area (TPSA) is 64.9 Å². The summed E-state index contributed by atoms with van der Waals surface area (Å²) in [6, 6.07) is 16.6. The van der Waals surface area contributed by atoms with Gasteiger partial charge >= 0.3 is 0 Å². The lowest BCUT2D eigenvalue weighted by atomic mass is 9.88. The lowest BCUT2D eigenvalue weighted by molar-refractivity contribution is -0.117. The van der Waals surface area contributed by atoms with Crippen LogP contribution in [0.15, 0.2) is 54.2 Å². The SMILES string of the molecule is CCC(NC(=O)/C(C#N)=C\NCc1cccc(C)c1)c1ccc2c(c1)CCCC2. The highest BCUT2D eigenvalue weighted by molar-refractivity contribution is 5.97. The molecule has 4 nitrogen and oxygen atoms in total. The summed E-state index contributed by atoms with van der Waals surface area (Å²) in [6.45, 7) is 4.66. The van der Waals surface area contributed by atoms with Crippen LogP contribution < -0.4 is 10.6 Å². The molecule has 29 heavy (non-hydrogen) atoms. The smallest absolute Gasteiger partial charge is 0.263 e. The average molecular weight is 388 g/mol. The molecule has 1 amide bonds. The van der Waals surface area contributed by atoms with Gasteiger partial charge in [-0.05, 0) is 61.3 Å². The summed E-state index contributed by atoms with van der Waals surface area (Å²) >= 11 is 0. The van der Waals surface area contributed by atoms with E-state index in [1.165, 1.54) is 35.7 Å². The number of amides is 1. The van der Waals surface area contributed by atoms with Gasteiger partial charge in [0.1, 0.15) is 11.6 Å². The van der Waals surface area contributed by atoms with E-state index in [0.717, 1.165) is 30.4 Å². The van der Waals surface area contributed by atoms with Gasteiger partial charge in [0, 0.05) is 12.7 Å². The van der Waals surface area contributed by atoms with Gasteiger partial charge in [0.15, 0.2) is 0 Å². The van der Waals surface area contributed by atoms with Gasteiger partial charge in [-0.25, -0.2) is 0 Å².